The Morgan fingerprint density at radius 2 is 1.64 bits per heavy atom. The number of piperazine rings is 1. The third kappa shape index (κ3) is 5.07. The molecule has 5 nitrogen and oxygen atoms in total. The van der Waals surface area contributed by atoms with Crippen LogP contribution in [-0.2, 0) is 0 Å². The van der Waals surface area contributed by atoms with Crippen LogP contribution < -0.4 is 19.5 Å². The zero-order chi connectivity index (χ0) is 16.2. The lowest BCUT2D eigenvalue weighted by Gasteiger charge is -2.36. The summed E-state index contributed by atoms with van der Waals surface area (Å²) in [6, 6.07) is 4.54. The molecule has 0 unspecified atom stereocenters. The van der Waals surface area contributed by atoms with Crippen LogP contribution in [0.15, 0.2) is 12.1 Å². The van der Waals surface area contributed by atoms with Crippen molar-refractivity contribution >= 4 is 24.8 Å². The van der Waals surface area contributed by atoms with Crippen molar-refractivity contribution in [3.63, 3.8) is 0 Å². The Labute approximate surface area is 163 Å². The molecule has 7 heteroatoms. The summed E-state index contributed by atoms with van der Waals surface area (Å²) in [6.45, 7) is 4.26. The minimum absolute atomic E-state index is 0. The molecule has 1 aliphatic carbocycles. The Bertz CT molecular complexity index is 535. The summed E-state index contributed by atoms with van der Waals surface area (Å²) in [5.41, 5.74) is 1.22. The van der Waals surface area contributed by atoms with Gasteiger partial charge in [-0.25, -0.2) is 0 Å². The second-order valence-electron chi connectivity index (χ2n) is 6.40. The predicted molar refractivity (Wildman–Crippen MR) is 105 cm³/mol. The van der Waals surface area contributed by atoms with Crippen LogP contribution in [0.3, 0.4) is 0 Å². The van der Waals surface area contributed by atoms with E-state index >= 15 is 0 Å². The predicted octanol–water partition coefficient (Wildman–Crippen LogP) is 3.30. The minimum Gasteiger partial charge on any atom is -0.493 e. The monoisotopic (exact) mass is 392 g/mol. The Balaban J connectivity index is 0.00000156. The number of rotatable bonds is 7. The van der Waals surface area contributed by atoms with Crippen LogP contribution in [0.4, 0.5) is 0 Å². The largest absolute Gasteiger partial charge is 0.493 e. The molecule has 25 heavy (non-hydrogen) atoms. The second kappa shape index (κ2) is 10.3. The molecule has 1 aromatic carbocycles. The van der Waals surface area contributed by atoms with Crippen molar-refractivity contribution < 1.29 is 14.2 Å². The first-order valence-electron chi connectivity index (χ1n) is 8.52. The maximum atomic E-state index is 5.74. The van der Waals surface area contributed by atoms with Crippen LogP contribution in [0.2, 0.25) is 0 Å². The third-order valence-corrected chi connectivity index (χ3v) is 4.94. The van der Waals surface area contributed by atoms with Crippen molar-refractivity contribution in [3.8, 4) is 17.2 Å². The van der Waals surface area contributed by atoms with E-state index in [1.165, 1.54) is 24.8 Å². The topological polar surface area (TPSA) is 43.0 Å². The molecule has 1 heterocycles. The van der Waals surface area contributed by atoms with Crippen molar-refractivity contribution in [3.05, 3.63) is 17.7 Å². The van der Waals surface area contributed by atoms with Gasteiger partial charge in [-0.15, -0.1) is 24.8 Å². The van der Waals surface area contributed by atoms with Gasteiger partial charge in [0, 0.05) is 37.8 Å². The van der Waals surface area contributed by atoms with Crippen LogP contribution in [0.5, 0.6) is 17.2 Å². The Morgan fingerprint density at radius 3 is 2.16 bits per heavy atom. The Kier molecular flexibility index (Phi) is 9.14. The standard InChI is InChI=1S/C18H28N2O3.2ClH/c1-21-16-7-6-14(17(22-2)18(16)23-3)15(12-13-4-5-13)20-10-8-19-9-11-20;;/h6-7,13,15,19H,4-5,8-12H2,1-3H3;2*1H/t15-;;/m1../s1. The smallest absolute Gasteiger partial charge is 0.203 e. The zero-order valence-electron chi connectivity index (χ0n) is 15.2. The molecule has 1 aromatic rings. The fraction of sp³-hybridized carbons (Fsp3) is 0.667. The Morgan fingerprint density at radius 1 is 1.00 bits per heavy atom. The van der Waals surface area contributed by atoms with E-state index in [1.54, 1.807) is 21.3 Å². The first-order chi connectivity index (χ1) is 11.3. The summed E-state index contributed by atoms with van der Waals surface area (Å²) in [5, 5.41) is 3.44. The van der Waals surface area contributed by atoms with Crippen LogP contribution in [0.1, 0.15) is 30.9 Å². The molecule has 0 amide bonds. The lowest BCUT2D eigenvalue weighted by molar-refractivity contribution is 0.157. The van der Waals surface area contributed by atoms with Gasteiger partial charge in [0.1, 0.15) is 0 Å². The molecule has 0 spiro atoms. The number of hydrogen-bond acceptors (Lipinski definition) is 5. The maximum Gasteiger partial charge on any atom is 0.203 e. The highest BCUT2D eigenvalue weighted by Crippen LogP contribution is 2.47. The zero-order valence-corrected chi connectivity index (χ0v) is 16.9. The summed E-state index contributed by atoms with van der Waals surface area (Å²) in [5.74, 6) is 3.09. The van der Waals surface area contributed by atoms with Crippen molar-refractivity contribution in [2.24, 2.45) is 5.92 Å². The first kappa shape index (κ1) is 22.2. The molecule has 2 fully saturated rings. The number of hydrogen-bond donors (Lipinski definition) is 1. The van der Waals surface area contributed by atoms with Gasteiger partial charge in [-0.2, -0.15) is 0 Å². The highest BCUT2D eigenvalue weighted by atomic mass is 35.5. The summed E-state index contributed by atoms with van der Waals surface area (Å²) in [4.78, 5) is 2.58. The normalized spacial score (nSPS) is 18.5. The third-order valence-electron chi connectivity index (χ3n) is 4.94. The Hall–Kier alpha value is -0.880. The molecule has 0 aromatic heterocycles. The molecule has 3 rings (SSSR count). The summed E-state index contributed by atoms with van der Waals surface area (Å²) < 4.78 is 16.7. The fourth-order valence-electron chi connectivity index (χ4n) is 3.52. The van der Waals surface area contributed by atoms with Crippen LogP contribution in [0, 0.1) is 5.92 Å². The van der Waals surface area contributed by atoms with Crippen molar-refractivity contribution in [2.45, 2.75) is 25.3 Å². The molecule has 144 valence electrons. The van der Waals surface area contributed by atoms with E-state index in [0.29, 0.717) is 11.8 Å². The molecule has 1 atom stereocenters. The van der Waals surface area contributed by atoms with Gasteiger partial charge in [0.25, 0.3) is 0 Å². The number of nitrogens with zero attached hydrogens (tertiary/aromatic N) is 1. The van der Waals surface area contributed by atoms with E-state index < -0.39 is 0 Å². The SMILES string of the molecule is COc1ccc([C@@H](CC2CC2)N2CCNCC2)c(OC)c1OC.Cl.Cl. The van der Waals surface area contributed by atoms with Gasteiger partial charge in [0.2, 0.25) is 5.75 Å². The molecular formula is C18H30Cl2N2O3. The van der Waals surface area contributed by atoms with Crippen LogP contribution >= 0.6 is 24.8 Å². The van der Waals surface area contributed by atoms with Crippen molar-refractivity contribution in [1.82, 2.24) is 10.2 Å². The molecule has 0 bridgehead atoms. The van der Waals surface area contributed by atoms with Crippen LogP contribution in [-0.4, -0.2) is 52.4 Å². The van der Waals surface area contributed by atoms with Gasteiger partial charge in [-0.3, -0.25) is 4.90 Å². The number of ether oxygens (including phenoxy) is 3. The van der Waals surface area contributed by atoms with Gasteiger partial charge in [-0.1, -0.05) is 12.8 Å². The van der Waals surface area contributed by atoms with E-state index in [2.05, 4.69) is 16.3 Å². The quantitative estimate of drug-likeness (QED) is 0.770. The molecule has 0 radical (unpaired) electrons. The lowest BCUT2D eigenvalue weighted by atomic mass is 9.97. The highest BCUT2D eigenvalue weighted by Gasteiger charge is 2.33. The van der Waals surface area contributed by atoms with E-state index in [4.69, 9.17) is 14.2 Å². The van der Waals surface area contributed by atoms with E-state index in [-0.39, 0.29) is 24.8 Å². The summed E-state index contributed by atoms with van der Waals surface area (Å²) in [7, 11) is 5.05. The van der Waals surface area contributed by atoms with E-state index in [9.17, 15) is 0 Å². The van der Waals surface area contributed by atoms with Crippen molar-refractivity contribution in [2.75, 3.05) is 47.5 Å². The minimum atomic E-state index is 0. The van der Waals surface area contributed by atoms with Gasteiger partial charge in [0.15, 0.2) is 11.5 Å². The highest BCUT2D eigenvalue weighted by molar-refractivity contribution is 5.85. The van der Waals surface area contributed by atoms with E-state index in [1.807, 2.05) is 6.07 Å². The first-order valence-corrected chi connectivity index (χ1v) is 8.52. The molecule has 1 saturated heterocycles. The molecule has 1 N–H and O–H groups in total. The number of nitrogens with one attached hydrogen (secondary N) is 1. The molecule has 1 saturated carbocycles. The van der Waals surface area contributed by atoms with Gasteiger partial charge in [0.05, 0.1) is 21.3 Å². The van der Waals surface area contributed by atoms with Gasteiger partial charge < -0.3 is 19.5 Å². The lowest BCUT2D eigenvalue weighted by Crippen LogP contribution is -2.45. The average Bonchev–Trinajstić information content (AvgIpc) is 3.43. The molecule has 1 aliphatic heterocycles. The van der Waals surface area contributed by atoms with Crippen molar-refractivity contribution in [1.29, 1.82) is 0 Å². The average molecular weight is 393 g/mol. The fourth-order valence-corrected chi connectivity index (χ4v) is 3.52. The van der Waals surface area contributed by atoms with Gasteiger partial charge >= 0.3 is 0 Å². The van der Waals surface area contributed by atoms with Gasteiger partial charge in [-0.05, 0) is 24.5 Å². The maximum absolute atomic E-state index is 5.74. The summed E-state index contributed by atoms with van der Waals surface area (Å²) in [6.07, 6.45) is 3.92. The number of halogens is 2. The second-order valence-corrected chi connectivity index (χ2v) is 6.40. The van der Waals surface area contributed by atoms with E-state index in [0.717, 1.165) is 43.6 Å². The molecule has 2 aliphatic rings. The van der Waals surface area contributed by atoms with Crippen LogP contribution in [0.25, 0.3) is 0 Å². The summed E-state index contributed by atoms with van der Waals surface area (Å²) >= 11 is 0. The molecular weight excluding hydrogens is 363 g/mol. The number of benzene rings is 1. The number of methoxy groups -OCH3 is 3.